The molecule has 3 unspecified atom stereocenters. The number of carbonyl (C=O) groups excluding carboxylic acids is 2. The lowest BCUT2D eigenvalue weighted by molar-refractivity contribution is -0.134. The van der Waals surface area contributed by atoms with Crippen molar-refractivity contribution in [3.63, 3.8) is 0 Å². The zero-order valence-corrected chi connectivity index (χ0v) is 12.3. The number of hydrogen-bond acceptors (Lipinski definition) is 3. The number of fused-ring (bicyclic) bond motifs is 5. The van der Waals surface area contributed by atoms with Gasteiger partial charge in [-0.25, -0.2) is 0 Å². The van der Waals surface area contributed by atoms with Crippen molar-refractivity contribution in [3.8, 4) is 5.75 Å². The Morgan fingerprint density at radius 1 is 1.24 bits per heavy atom. The van der Waals surface area contributed by atoms with Gasteiger partial charge in [-0.3, -0.25) is 9.59 Å². The van der Waals surface area contributed by atoms with Crippen LogP contribution in [0.3, 0.4) is 0 Å². The van der Waals surface area contributed by atoms with E-state index >= 15 is 0 Å². The molecule has 1 aromatic rings. The van der Waals surface area contributed by atoms with Crippen molar-refractivity contribution >= 4 is 11.6 Å². The van der Waals surface area contributed by atoms with Gasteiger partial charge >= 0.3 is 0 Å². The predicted molar refractivity (Wildman–Crippen MR) is 78.1 cm³/mol. The van der Waals surface area contributed by atoms with Crippen LogP contribution in [0, 0.1) is 17.3 Å². The second-order valence-electron chi connectivity index (χ2n) is 7.18. The zero-order valence-electron chi connectivity index (χ0n) is 12.3. The number of phenolic OH excluding ortho intramolecular Hbond substituents is 1. The van der Waals surface area contributed by atoms with E-state index < -0.39 is 0 Å². The molecule has 4 rings (SSSR count). The summed E-state index contributed by atoms with van der Waals surface area (Å²) in [7, 11) is 0. The lowest BCUT2D eigenvalue weighted by Crippen LogP contribution is -2.46. The van der Waals surface area contributed by atoms with Crippen molar-refractivity contribution in [1.29, 1.82) is 0 Å². The molecule has 0 aromatic heterocycles. The molecule has 0 saturated heterocycles. The third-order valence-electron chi connectivity index (χ3n) is 6.24. The van der Waals surface area contributed by atoms with Crippen LogP contribution in [-0.2, 0) is 16.0 Å². The van der Waals surface area contributed by atoms with Crippen LogP contribution >= 0.6 is 0 Å². The normalized spacial score (nSPS) is 37.9. The summed E-state index contributed by atoms with van der Waals surface area (Å²) in [6, 6.07) is 5.44. The Morgan fingerprint density at radius 3 is 2.86 bits per heavy atom. The second kappa shape index (κ2) is 4.19. The van der Waals surface area contributed by atoms with Crippen molar-refractivity contribution in [1.82, 2.24) is 0 Å². The minimum atomic E-state index is -0.273. The molecule has 0 aliphatic heterocycles. The van der Waals surface area contributed by atoms with Crippen LogP contribution in [0.4, 0.5) is 0 Å². The van der Waals surface area contributed by atoms with E-state index in [0.29, 0.717) is 18.6 Å². The summed E-state index contributed by atoms with van der Waals surface area (Å²) in [5.74, 6) is 1.33. The number of benzene rings is 1. The highest BCUT2D eigenvalue weighted by Crippen LogP contribution is 2.58. The summed E-state index contributed by atoms with van der Waals surface area (Å²) in [5.41, 5.74) is 1.93. The van der Waals surface area contributed by atoms with Crippen LogP contribution in [0.25, 0.3) is 0 Å². The molecule has 4 atom stereocenters. The standard InChI is InChI=1S/C18H20O3/c1-18-7-6-13-12-3-2-11(19)8-10(12)9-15(20)17(13)14(18)4-5-16(18)21/h2-3,8,13-14,17,19H,4-7,9H2,1H3/t13?,14?,17?,18-/m0/s1. The van der Waals surface area contributed by atoms with Crippen LogP contribution in [-0.4, -0.2) is 16.7 Å². The number of phenols is 1. The first-order valence-corrected chi connectivity index (χ1v) is 7.88. The monoisotopic (exact) mass is 284 g/mol. The maximum absolute atomic E-state index is 12.7. The van der Waals surface area contributed by atoms with E-state index in [4.69, 9.17) is 0 Å². The van der Waals surface area contributed by atoms with Gasteiger partial charge in [0.15, 0.2) is 0 Å². The summed E-state index contributed by atoms with van der Waals surface area (Å²) in [4.78, 5) is 25.0. The predicted octanol–water partition coefficient (Wildman–Crippen LogP) is 3.00. The van der Waals surface area contributed by atoms with E-state index in [1.807, 2.05) is 6.07 Å². The smallest absolute Gasteiger partial charge is 0.141 e. The maximum atomic E-state index is 12.7. The number of aromatic hydroxyl groups is 1. The van der Waals surface area contributed by atoms with Gasteiger partial charge in [-0.15, -0.1) is 0 Å². The van der Waals surface area contributed by atoms with Gasteiger partial charge in [0.05, 0.1) is 0 Å². The van der Waals surface area contributed by atoms with Gasteiger partial charge in [-0.1, -0.05) is 13.0 Å². The molecule has 3 nitrogen and oxygen atoms in total. The largest absolute Gasteiger partial charge is 0.508 e. The fourth-order valence-electron chi connectivity index (χ4n) is 5.12. The first-order valence-electron chi connectivity index (χ1n) is 7.88. The molecule has 0 amide bonds. The van der Waals surface area contributed by atoms with E-state index in [9.17, 15) is 14.7 Å². The van der Waals surface area contributed by atoms with Crippen molar-refractivity contribution in [3.05, 3.63) is 29.3 Å². The molecule has 1 aromatic carbocycles. The molecule has 3 aliphatic carbocycles. The third-order valence-corrected chi connectivity index (χ3v) is 6.24. The number of carbonyl (C=O) groups is 2. The Labute approximate surface area is 124 Å². The van der Waals surface area contributed by atoms with Gasteiger partial charge in [0.25, 0.3) is 0 Å². The molecule has 21 heavy (non-hydrogen) atoms. The highest BCUT2D eigenvalue weighted by Gasteiger charge is 2.56. The molecular weight excluding hydrogens is 264 g/mol. The number of ketones is 2. The molecule has 0 radical (unpaired) electrons. The van der Waals surface area contributed by atoms with Crippen LogP contribution in [0.5, 0.6) is 5.75 Å². The van der Waals surface area contributed by atoms with Crippen molar-refractivity contribution in [2.24, 2.45) is 17.3 Å². The Morgan fingerprint density at radius 2 is 2.05 bits per heavy atom. The van der Waals surface area contributed by atoms with Crippen LogP contribution in [0.15, 0.2) is 18.2 Å². The molecule has 2 fully saturated rings. The average Bonchev–Trinajstić information content (AvgIpc) is 2.74. The summed E-state index contributed by atoms with van der Waals surface area (Å²) < 4.78 is 0. The van der Waals surface area contributed by atoms with Crippen LogP contribution < -0.4 is 0 Å². The van der Waals surface area contributed by atoms with Crippen LogP contribution in [0.1, 0.15) is 49.7 Å². The first-order chi connectivity index (χ1) is 10.0. The van der Waals surface area contributed by atoms with E-state index in [1.165, 1.54) is 5.56 Å². The molecule has 3 heteroatoms. The fourth-order valence-corrected chi connectivity index (χ4v) is 5.12. The first kappa shape index (κ1) is 13.1. The maximum Gasteiger partial charge on any atom is 0.141 e. The summed E-state index contributed by atoms with van der Waals surface area (Å²) in [5, 5.41) is 9.64. The van der Waals surface area contributed by atoms with Gasteiger partial charge in [0, 0.05) is 24.2 Å². The quantitative estimate of drug-likeness (QED) is 0.797. The van der Waals surface area contributed by atoms with Crippen molar-refractivity contribution in [2.75, 3.05) is 0 Å². The molecule has 0 spiro atoms. The SMILES string of the molecule is C[C@]12CCC3c4ccc(O)cc4CC(=O)C3C1CCC2=O. The van der Waals surface area contributed by atoms with Gasteiger partial charge in [0.1, 0.15) is 17.3 Å². The Bertz CT molecular complexity index is 648. The van der Waals surface area contributed by atoms with Crippen molar-refractivity contribution < 1.29 is 14.7 Å². The van der Waals surface area contributed by atoms with Gasteiger partial charge in [-0.2, -0.15) is 0 Å². The van der Waals surface area contributed by atoms with Crippen molar-refractivity contribution in [2.45, 2.75) is 44.9 Å². The van der Waals surface area contributed by atoms with Gasteiger partial charge < -0.3 is 5.11 Å². The number of rotatable bonds is 0. The minimum Gasteiger partial charge on any atom is -0.508 e. The Hall–Kier alpha value is -1.64. The number of hydrogen-bond donors (Lipinski definition) is 1. The Kier molecular flexibility index (Phi) is 2.60. The minimum absolute atomic E-state index is 0.00671. The molecule has 3 aliphatic rings. The highest BCUT2D eigenvalue weighted by atomic mass is 16.3. The summed E-state index contributed by atoms with van der Waals surface area (Å²) >= 11 is 0. The van der Waals surface area contributed by atoms with E-state index in [1.54, 1.807) is 12.1 Å². The molecule has 0 bridgehead atoms. The third kappa shape index (κ3) is 1.66. The zero-order chi connectivity index (χ0) is 14.8. The summed E-state index contributed by atoms with van der Waals surface area (Å²) in [6.45, 7) is 2.07. The highest BCUT2D eigenvalue weighted by molar-refractivity contribution is 5.92. The second-order valence-corrected chi connectivity index (χ2v) is 7.18. The van der Waals surface area contributed by atoms with E-state index in [2.05, 4.69) is 6.92 Å². The fraction of sp³-hybridized carbons (Fsp3) is 0.556. The van der Waals surface area contributed by atoms with Crippen LogP contribution in [0.2, 0.25) is 0 Å². The van der Waals surface area contributed by atoms with E-state index in [0.717, 1.165) is 24.8 Å². The average molecular weight is 284 g/mol. The lowest BCUT2D eigenvalue weighted by atomic mass is 9.55. The topological polar surface area (TPSA) is 54.4 Å². The van der Waals surface area contributed by atoms with Gasteiger partial charge in [-0.05, 0) is 54.4 Å². The molecule has 0 heterocycles. The van der Waals surface area contributed by atoms with E-state index in [-0.39, 0.29) is 34.7 Å². The Balaban J connectivity index is 1.79. The lowest BCUT2D eigenvalue weighted by Gasteiger charge is -2.47. The molecular formula is C18H20O3. The van der Waals surface area contributed by atoms with Gasteiger partial charge in [0.2, 0.25) is 0 Å². The molecule has 110 valence electrons. The number of Topliss-reactive ketones (excluding diaryl/α,β-unsaturated/α-hetero) is 2. The molecule has 2 saturated carbocycles. The summed E-state index contributed by atoms with van der Waals surface area (Å²) in [6.07, 6.45) is 3.72. The molecule has 1 N–H and O–H groups in total.